The van der Waals surface area contributed by atoms with Gasteiger partial charge in [0.25, 0.3) is 5.91 Å². The van der Waals surface area contributed by atoms with Crippen molar-refractivity contribution in [1.29, 1.82) is 0 Å². The third kappa shape index (κ3) is 5.15. The number of methoxy groups -OCH3 is 1. The van der Waals surface area contributed by atoms with E-state index in [0.29, 0.717) is 36.8 Å². The number of hydrogen-bond donors (Lipinski definition) is 0. The lowest BCUT2D eigenvalue weighted by Gasteiger charge is -2.19. The number of ether oxygens (including phenoxy) is 3. The third-order valence-electron chi connectivity index (χ3n) is 3.95. The Morgan fingerprint density at radius 3 is 2.31 bits per heavy atom. The van der Waals surface area contributed by atoms with Gasteiger partial charge < -0.3 is 19.1 Å². The molecule has 0 fully saturated rings. The largest absolute Gasteiger partial charge is 0.493 e. The number of benzene rings is 2. The molecule has 0 unspecified atom stereocenters. The van der Waals surface area contributed by atoms with E-state index in [0.717, 1.165) is 16.9 Å². The van der Waals surface area contributed by atoms with Crippen molar-refractivity contribution in [1.82, 2.24) is 4.90 Å². The summed E-state index contributed by atoms with van der Waals surface area (Å²) in [6, 6.07) is 11.3. The zero-order chi connectivity index (χ0) is 19.1. The van der Waals surface area contributed by atoms with E-state index in [1.807, 2.05) is 32.9 Å². The van der Waals surface area contributed by atoms with Crippen LogP contribution in [0.1, 0.15) is 28.4 Å². The van der Waals surface area contributed by atoms with E-state index in [1.54, 1.807) is 37.3 Å². The molecule has 0 saturated heterocycles. The molecule has 0 aliphatic rings. The van der Waals surface area contributed by atoms with Crippen LogP contribution in [0.3, 0.4) is 0 Å². The molecule has 2 aromatic rings. The molecule has 0 radical (unpaired) electrons. The highest BCUT2D eigenvalue weighted by molar-refractivity contribution is 5.94. The van der Waals surface area contributed by atoms with Gasteiger partial charge in [0.2, 0.25) is 0 Å². The SMILES string of the molecule is CCOc1ccc(C(=O)N(C)CCOc2cc(C)cc(C)c2)cc1OC. The Hall–Kier alpha value is -2.69. The van der Waals surface area contributed by atoms with Gasteiger partial charge >= 0.3 is 0 Å². The molecular weight excluding hydrogens is 330 g/mol. The summed E-state index contributed by atoms with van der Waals surface area (Å²) in [5.41, 5.74) is 2.87. The van der Waals surface area contributed by atoms with E-state index in [-0.39, 0.29) is 5.91 Å². The Morgan fingerprint density at radius 1 is 1.00 bits per heavy atom. The lowest BCUT2D eigenvalue weighted by atomic mass is 10.1. The Labute approximate surface area is 155 Å². The van der Waals surface area contributed by atoms with Crippen LogP contribution in [0.4, 0.5) is 0 Å². The van der Waals surface area contributed by atoms with E-state index >= 15 is 0 Å². The average molecular weight is 357 g/mol. The predicted molar refractivity (Wildman–Crippen MR) is 103 cm³/mol. The number of nitrogens with zero attached hydrogens (tertiary/aromatic N) is 1. The van der Waals surface area contributed by atoms with Crippen LogP contribution in [0.2, 0.25) is 0 Å². The molecular formula is C21H27NO4. The van der Waals surface area contributed by atoms with Crippen molar-refractivity contribution in [2.75, 3.05) is 33.9 Å². The van der Waals surface area contributed by atoms with Gasteiger partial charge in [0, 0.05) is 12.6 Å². The van der Waals surface area contributed by atoms with E-state index in [4.69, 9.17) is 14.2 Å². The van der Waals surface area contributed by atoms with Crippen molar-refractivity contribution in [2.24, 2.45) is 0 Å². The first-order chi connectivity index (χ1) is 12.4. The van der Waals surface area contributed by atoms with Gasteiger partial charge in [-0.25, -0.2) is 0 Å². The molecule has 0 aliphatic heterocycles. The molecule has 0 aliphatic carbocycles. The summed E-state index contributed by atoms with van der Waals surface area (Å²) in [4.78, 5) is 14.2. The Kier molecular flexibility index (Phi) is 6.89. The highest BCUT2D eigenvalue weighted by Gasteiger charge is 2.15. The number of carbonyl (C=O) groups excluding carboxylic acids is 1. The van der Waals surface area contributed by atoms with Crippen LogP contribution in [0, 0.1) is 13.8 Å². The quantitative estimate of drug-likeness (QED) is 0.720. The van der Waals surface area contributed by atoms with Gasteiger partial charge in [0.15, 0.2) is 11.5 Å². The van der Waals surface area contributed by atoms with Crippen molar-refractivity contribution in [3.63, 3.8) is 0 Å². The maximum absolute atomic E-state index is 12.6. The maximum Gasteiger partial charge on any atom is 0.253 e. The monoisotopic (exact) mass is 357 g/mol. The molecule has 5 heteroatoms. The number of aryl methyl sites for hydroxylation is 2. The van der Waals surface area contributed by atoms with Gasteiger partial charge in [-0.3, -0.25) is 4.79 Å². The second-order valence-electron chi connectivity index (χ2n) is 6.20. The predicted octanol–water partition coefficient (Wildman–Crippen LogP) is 3.86. The highest BCUT2D eigenvalue weighted by atomic mass is 16.5. The number of hydrogen-bond acceptors (Lipinski definition) is 4. The molecule has 0 aromatic heterocycles. The van der Waals surface area contributed by atoms with Crippen LogP contribution in [-0.2, 0) is 0 Å². The molecule has 1 amide bonds. The summed E-state index contributed by atoms with van der Waals surface area (Å²) in [5, 5.41) is 0. The van der Waals surface area contributed by atoms with Crippen molar-refractivity contribution in [3.8, 4) is 17.2 Å². The lowest BCUT2D eigenvalue weighted by molar-refractivity contribution is 0.0773. The summed E-state index contributed by atoms with van der Waals surface area (Å²) in [6.07, 6.45) is 0. The average Bonchev–Trinajstić information content (AvgIpc) is 2.60. The van der Waals surface area contributed by atoms with E-state index < -0.39 is 0 Å². The van der Waals surface area contributed by atoms with Gasteiger partial charge in [-0.1, -0.05) is 6.07 Å². The summed E-state index contributed by atoms with van der Waals surface area (Å²) in [6.45, 7) is 7.44. The Bertz CT molecular complexity index is 737. The molecule has 0 atom stereocenters. The smallest absolute Gasteiger partial charge is 0.253 e. The minimum absolute atomic E-state index is 0.0876. The van der Waals surface area contributed by atoms with Crippen LogP contribution in [0.25, 0.3) is 0 Å². The first-order valence-electron chi connectivity index (χ1n) is 8.72. The molecule has 0 N–H and O–H groups in total. The van der Waals surface area contributed by atoms with Crippen LogP contribution >= 0.6 is 0 Å². The Morgan fingerprint density at radius 2 is 1.69 bits per heavy atom. The molecule has 0 saturated carbocycles. The fourth-order valence-corrected chi connectivity index (χ4v) is 2.71. The number of rotatable bonds is 8. The summed E-state index contributed by atoms with van der Waals surface area (Å²) < 4.78 is 16.6. The van der Waals surface area contributed by atoms with Crippen LogP contribution in [0.15, 0.2) is 36.4 Å². The second kappa shape index (κ2) is 9.13. The van der Waals surface area contributed by atoms with Crippen LogP contribution in [0.5, 0.6) is 17.2 Å². The molecule has 2 aromatic carbocycles. The van der Waals surface area contributed by atoms with Gasteiger partial charge in [-0.15, -0.1) is 0 Å². The maximum atomic E-state index is 12.6. The van der Waals surface area contributed by atoms with Gasteiger partial charge in [-0.2, -0.15) is 0 Å². The lowest BCUT2D eigenvalue weighted by Crippen LogP contribution is -2.30. The highest BCUT2D eigenvalue weighted by Crippen LogP contribution is 2.28. The molecule has 0 spiro atoms. The number of likely N-dealkylation sites (N-methyl/N-ethyl adjacent to an activating group) is 1. The molecule has 5 nitrogen and oxygen atoms in total. The summed E-state index contributed by atoms with van der Waals surface area (Å²) in [5.74, 6) is 1.92. The molecule has 2 rings (SSSR count). The van der Waals surface area contributed by atoms with Crippen LogP contribution < -0.4 is 14.2 Å². The molecule has 0 bridgehead atoms. The minimum atomic E-state index is -0.0876. The Balaban J connectivity index is 1.96. The van der Waals surface area contributed by atoms with Crippen LogP contribution in [-0.4, -0.2) is 44.7 Å². The molecule has 140 valence electrons. The molecule has 0 heterocycles. The van der Waals surface area contributed by atoms with E-state index in [9.17, 15) is 4.79 Å². The molecule has 26 heavy (non-hydrogen) atoms. The van der Waals surface area contributed by atoms with E-state index in [2.05, 4.69) is 6.07 Å². The van der Waals surface area contributed by atoms with Gasteiger partial charge in [0.1, 0.15) is 12.4 Å². The van der Waals surface area contributed by atoms with Crippen molar-refractivity contribution < 1.29 is 19.0 Å². The third-order valence-corrected chi connectivity index (χ3v) is 3.95. The first-order valence-corrected chi connectivity index (χ1v) is 8.72. The number of amides is 1. The fraction of sp³-hybridized carbons (Fsp3) is 0.381. The fourth-order valence-electron chi connectivity index (χ4n) is 2.71. The van der Waals surface area contributed by atoms with Crippen molar-refractivity contribution in [2.45, 2.75) is 20.8 Å². The van der Waals surface area contributed by atoms with Gasteiger partial charge in [0.05, 0.1) is 20.3 Å². The topological polar surface area (TPSA) is 48.0 Å². The summed E-state index contributed by atoms with van der Waals surface area (Å²) >= 11 is 0. The number of carbonyl (C=O) groups is 1. The summed E-state index contributed by atoms with van der Waals surface area (Å²) in [7, 11) is 3.32. The van der Waals surface area contributed by atoms with Crippen molar-refractivity contribution >= 4 is 5.91 Å². The van der Waals surface area contributed by atoms with E-state index in [1.165, 1.54) is 0 Å². The first kappa shape index (κ1) is 19.6. The second-order valence-corrected chi connectivity index (χ2v) is 6.20. The normalized spacial score (nSPS) is 10.3. The van der Waals surface area contributed by atoms with Crippen molar-refractivity contribution in [3.05, 3.63) is 53.1 Å². The zero-order valence-corrected chi connectivity index (χ0v) is 16.2. The minimum Gasteiger partial charge on any atom is -0.493 e. The standard InChI is InChI=1S/C21H27NO4/c1-6-25-19-8-7-17(14-20(19)24-5)21(23)22(4)9-10-26-18-12-15(2)11-16(3)13-18/h7-8,11-14H,6,9-10H2,1-5H3. The van der Waals surface area contributed by atoms with Gasteiger partial charge in [-0.05, 0) is 62.2 Å². The zero-order valence-electron chi connectivity index (χ0n) is 16.2.